The molecular weight excluding hydrogens is 406 g/mol. The second-order valence-electron chi connectivity index (χ2n) is 9.36. The van der Waals surface area contributed by atoms with E-state index in [0.29, 0.717) is 25.9 Å². The first-order valence-corrected chi connectivity index (χ1v) is 10.1. The van der Waals surface area contributed by atoms with Gasteiger partial charge in [-0.3, -0.25) is 15.4 Å². The monoisotopic (exact) mass is 437 g/mol. The van der Waals surface area contributed by atoms with E-state index in [1.54, 1.807) is 46.4 Å². The Morgan fingerprint density at radius 2 is 1.65 bits per heavy atom. The maximum absolute atomic E-state index is 11.9. The van der Waals surface area contributed by atoms with Crippen LogP contribution in [0, 0.1) is 10.1 Å². The van der Waals surface area contributed by atoms with Gasteiger partial charge in [-0.2, -0.15) is 0 Å². The number of aromatic nitrogens is 1. The Labute approximate surface area is 181 Å². The molecule has 1 aromatic heterocycles. The molecule has 11 nitrogen and oxygen atoms in total. The van der Waals surface area contributed by atoms with E-state index in [-0.39, 0.29) is 23.2 Å². The number of nitro groups is 1. The van der Waals surface area contributed by atoms with Gasteiger partial charge in [-0.25, -0.2) is 14.6 Å². The van der Waals surface area contributed by atoms with Crippen LogP contribution in [0.3, 0.4) is 0 Å². The number of alkyl carbamates (subject to hydrolysis) is 1. The molecule has 1 fully saturated rings. The Morgan fingerprint density at radius 3 is 2.16 bits per heavy atom. The molecule has 2 heterocycles. The average Bonchev–Trinajstić information content (AvgIpc) is 2.59. The molecule has 1 aliphatic rings. The molecular formula is C20H31N5O6. The van der Waals surface area contributed by atoms with Gasteiger partial charge in [0.25, 0.3) is 0 Å². The maximum atomic E-state index is 11.9. The van der Waals surface area contributed by atoms with Gasteiger partial charge in [-0.15, -0.1) is 0 Å². The van der Waals surface area contributed by atoms with Crippen LogP contribution in [0.4, 0.5) is 26.8 Å². The fraction of sp³-hybridized carbons (Fsp3) is 0.650. The van der Waals surface area contributed by atoms with Crippen molar-refractivity contribution in [2.45, 2.75) is 71.6 Å². The van der Waals surface area contributed by atoms with Crippen LogP contribution in [-0.4, -0.2) is 52.4 Å². The molecule has 0 saturated carbocycles. The van der Waals surface area contributed by atoms with Crippen LogP contribution in [-0.2, 0) is 9.47 Å². The molecule has 11 heteroatoms. The predicted molar refractivity (Wildman–Crippen MR) is 115 cm³/mol. The highest BCUT2D eigenvalue weighted by Crippen LogP contribution is 2.30. The van der Waals surface area contributed by atoms with Gasteiger partial charge < -0.3 is 19.7 Å². The standard InChI is InChI=1S/C20H31N5O6/c1-19(2,3)30-17(26)22-13-7-9-24(10-8-13)16-15(25(28)29)11-14(12-21-16)23-18(27)31-20(4,5)6/h11-13H,7-10H2,1-6H3,(H,22,26)(H,23,27). The molecule has 0 radical (unpaired) electrons. The number of anilines is 2. The van der Waals surface area contributed by atoms with Crippen molar-refractivity contribution in [1.82, 2.24) is 10.3 Å². The van der Waals surface area contributed by atoms with Crippen molar-refractivity contribution in [3.05, 3.63) is 22.4 Å². The number of hydrogen-bond acceptors (Lipinski definition) is 8. The maximum Gasteiger partial charge on any atom is 0.412 e. The molecule has 2 N–H and O–H groups in total. The Hall–Kier alpha value is -3.11. The highest BCUT2D eigenvalue weighted by molar-refractivity contribution is 5.85. The molecule has 2 rings (SSSR count). The van der Waals surface area contributed by atoms with Crippen LogP contribution in [0.5, 0.6) is 0 Å². The van der Waals surface area contributed by atoms with Gasteiger partial charge in [-0.05, 0) is 54.4 Å². The lowest BCUT2D eigenvalue weighted by Crippen LogP contribution is -2.46. The topological polar surface area (TPSA) is 136 Å². The largest absolute Gasteiger partial charge is 0.444 e. The summed E-state index contributed by atoms with van der Waals surface area (Å²) < 4.78 is 10.4. The normalized spacial score (nSPS) is 15.2. The van der Waals surface area contributed by atoms with Gasteiger partial charge in [0.1, 0.15) is 11.2 Å². The first kappa shape index (κ1) is 24.2. The second kappa shape index (κ2) is 9.36. The SMILES string of the molecule is CC(C)(C)OC(=O)Nc1cnc(N2CCC(NC(=O)OC(C)(C)C)CC2)c([N+](=O)[O-])c1. The number of amides is 2. The van der Waals surface area contributed by atoms with E-state index in [0.717, 1.165) is 0 Å². The molecule has 1 saturated heterocycles. The summed E-state index contributed by atoms with van der Waals surface area (Å²) in [5, 5.41) is 16.9. The van der Waals surface area contributed by atoms with Gasteiger partial charge in [0, 0.05) is 25.2 Å². The van der Waals surface area contributed by atoms with E-state index in [1.807, 2.05) is 0 Å². The fourth-order valence-electron chi connectivity index (χ4n) is 3.02. The number of hydrogen-bond donors (Lipinski definition) is 2. The highest BCUT2D eigenvalue weighted by Gasteiger charge is 2.28. The summed E-state index contributed by atoms with van der Waals surface area (Å²) in [7, 11) is 0. The van der Waals surface area contributed by atoms with Gasteiger partial charge in [0.15, 0.2) is 0 Å². The minimum absolute atomic E-state index is 0.0849. The van der Waals surface area contributed by atoms with E-state index in [4.69, 9.17) is 9.47 Å². The summed E-state index contributed by atoms with van der Waals surface area (Å²) in [5.74, 6) is 0.218. The van der Waals surface area contributed by atoms with Crippen molar-refractivity contribution in [2.24, 2.45) is 0 Å². The third kappa shape index (κ3) is 7.91. The van der Waals surface area contributed by atoms with Crippen LogP contribution in [0.25, 0.3) is 0 Å². The van der Waals surface area contributed by atoms with Crippen LogP contribution >= 0.6 is 0 Å². The van der Waals surface area contributed by atoms with Crippen LogP contribution < -0.4 is 15.5 Å². The third-order valence-electron chi connectivity index (χ3n) is 4.20. The van der Waals surface area contributed by atoms with Crippen molar-refractivity contribution >= 4 is 29.4 Å². The smallest absolute Gasteiger partial charge is 0.412 e. The third-order valence-corrected chi connectivity index (χ3v) is 4.20. The summed E-state index contributed by atoms with van der Waals surface area (Å²) in [6.45, 7) is 11.5. The fourth-order valence-corrected chi connectivity index (χ4v) is 3.02. The Balaban J connectivity index is 2.02. The molecule has 2 amide bonds. The van der Waals surface area contributed by atoms with Gasteiger partial charge in [0.2, 0.25) is 5.82 Å². The zero-order valence-electron chi connectivity index (χ0n) is 18.9. The minimum atomic E-state index is -0.717. The lowest BCUT2D eigenvalue weighted by Gasteiger charge is -2.33. The molecule has 0 bridgehead atoms. The second-order valence-corrected chi connectivity index (χ2v) is 9.36. The molecule has 0 aliphatic carbocycles. The number of nitrogens with one attached hydrogen (secondary N) is 2. The average molecular weight is 437 g/mol. The van der Waals surface area contributed by atoms with Crippen LogP contribution in [0.1, 0.15) is 54.4 Å². The number of ether oxygens (including phenoxy) is 2. The number of pyridine rings is 1. The number of piperidine rings is 1. The van der Waals surface area contributed by atoms with Crippen LogP contribution in [0.2, 0.25) is 0 Å². The van der Waals surface area contributed by atoms with Crippen molar-refractivity contribution in [2.75, 3.05) is 23.3 Å². The highest BCUT2D eigenvalue weighted by atomic mass is 16.6. The van der Waals surface area contributed by atoms with E-state index in [2.05, 4.69) is 15.6 Å². The molecule has 0 aromatic carbocycles. The molecule has 0 unspecified atom stereocenters. The molecule has 1 aliphatic heterocycles. The van der Waals surface area contributed by atoms with Crippen molar-refractivity contribution in [3.63, 3.8) is 0 Å². The van der Waals surface area contributed by atoms with Gasteiger partial charge in [0.05, 0.1) is 16.8 Å². The molecule has 0 spiro atoms. The van der Waals surface area contributed by atoms with E-state index in [1.165, 1.54) is 12.3 Å². The molecule has 31 heavy (non-hydrogen) atoms. The van der Waals surface area contributed by atoms with Crippen molar-refractivity contribution in [1.29, 1.82) is 0 Å². The Kier molecular flexibility index (Phi) is 7.29. The zero-order valence-corrected chi connectivity index (χ0v) is 18.9. The number of carbonyl (C=O) groups is 2. The molecule has 1 aromatic rings. The zero-order chi connectivity index (χ0) is 23.4. The van der Waals surface area contributed by atoms with Gasteiger partial charge in [-0.1, -0.05) is 0 Å². The van der Waals surface area contributed by atoms with E-state index in [9.17, 15) is 19.7 Å². The Bertz CT molecular complexity index is 822. The number of rotatable bonds is 4. The van der Waals surface area contributed by atoms with E-state index < -0.39 is 28.3 Å². The predicted octanol–water partition coefficient (Wildman–Crippen LogP) is 3.83. The summed E-state index contributed by atoms with van der Waals surface area (Å²) >= 11 is 0. The quantitative estimate of drug-likeness (QED) is 0.536. The number of nitrogens with zero attached hydrogens (tertiary/aromatic N) is 3. The Morgan fingerprint density at radius 1 is 1.10 bits per heavy atom. The first-order valence-electron chi connectivity index (χ1n) is 10.1. The molecule has 172 valence electrons. The summed E-state index contributed by atoms with van der Waals surface area (Å²) in [6, 6.07) is 1.18. The van der Waals surface area contributed by atoms with Crippen molar-refractivity contribution in [3.8, 4) is 0 Å². The summed E-state index contributed by atoms with van der Waals surface area (Å²) in [6.07, 6.45) is 1.35. The first-order chi connectivity index (χ1) is 14.2. The van der Waals surface area contributed by atoms with E-state index >= 15 is 0 Å². The summed E-state index contributed by atoms with van der Waals surface area (Å²) in [5.41, 5.74) is -1.32. The lowest BCUT2D eigenvalue weighted by atomic mass is 10.1. The van der Waals surface area contributed by atoms with Crippen molar-refractivity contribution < 1.29 is 24.0 Å². The molecule has 0 atom stereocenters. The lowest BCUT2D eigenvalue weighted by molar-refractivity contribution is -0.384. The number of carbonyl (C=O) groups excluding carboxylic acids is 2. The minimum Gasteiger partial charge on any atom is -0.444 e. The summed E-state index contributed by atoms with van der Waals surface area (Å²) in [4.78, 5) is 40.9. The van der Waals surface area contributed by atoms with Crippen LogP contribution in [0.15, 0.2) is 12.3 Å². The van der Waals surface area contributed by atoms with Gasteiger partial charge >= 0.3 is 17.9 Å².